The average Bonchev–Trinajstić information content (AvgIpc) is 2.52. The number of ether oxygens (including phenoxy) is 2. The topological polar surface area (TPSA) is 18.5 Å². The highest BCUT2D eigenvalue weighted by Crippen LogP contribution is 2.17. The lowest BCUT2D eigenvalue weighted by atomic mass is 9.99. The van der Waals surface area contributed by atoms with E-state index < -0.39 is 0 Å². The Bertz CT molecular complexity index is 380. The van der Waals surface area contributed by atoms with Gasteiger partial charge in [-0.2, -0.15) is 0 Å². The molecule has 1 saturated heterocycles. The van der Waals surface area contributed by atoms with Crippen LogP contribution in [0.25, 0.3) is 0 Å². The summed E-state index contributed by atoms with van der Waals surface area (Å²) in [7, 11) is 0. The van der Waals surface area contributed by atoms with Gasteiger partial charge in [-0.05, 0) is 37.7 Å². The third-order valence-corrected chi connectivity index (χ3v) is 3.62. The summed E-state index contributed by atoms with van der Waals surface area (Å²) in [6.45, 7) is 3.76. The van der Waals surface area contributed by atoms with Gasteiger partial charge in [-0.25, -0.2) is 0 Å². The van der Waals surface area contributed by atoms with Crippen molar-refractivity contribution in [3.8, 4) is 0 Å². The molecule has 1 aromatic rings. The first kappa shape index (κ1) is 15.3. The number of allylic oxidation sites excluding steroid dienone is 1. The molecular formula is C18H26O2. The smallest absolute Gasteiger partial charge is 0.157 e. The van der Waals surface area contributed by atoms with E-state index in [4.69, 9.17) is 9.47 Å². The minimum absolute atomic E-state index is 0.0112. The zero-order valence-electron chi connectivity index (χ0n) is 12.5. The monoisotopic (exact) mass is 274 g/mol. The molecule has 2 rings (SSSR count). The van der Waals surface area contributed by atoms with Gasteiger partial charge in [0.25, 0.3) is 0 Å². The summed E-state index contributed by atoms with van der Waals surface area (Å²) in [6.07, 6.45) is 10.1. The fraction of sp³-hybridized carbons (Fsp3) is 0.556. The largest absolute Gasteiger partial charge is 0.353 e. The van der Waals surface area contributed by atoms with Crippen LogP contribution in [0.4, 0.5) is 0 Å². The Morgan fingerprint density at radius 3 is 2.85 bits per heavy atom. The van der Waals surface area contributed by atoms with Crippen LogP contribution in [0.15, 0.2) is 42.5 Å². The molecular weight excluding hydrogens is 248 g/mol. The molecule has 0 bridgehead atoms. The minimum atomic E-state index is 0.0112. The lowest BCUT2D eigenvalue weighted by molar-refractivity contribution is -0.166. The zero-order chi connectivity index (χ0) is 14.0. The Labute approximate surface area is 122 Å². The fourth-order valence-electron chi connectivity index (χ4n) is 2.50. The van der Waals surface area contributed by atoms with Gasteiger partial charge in [0.1, 0.15) is 0 Å². The standard InChI is InChI=1S/C18H26O2/c1-2-3-9-17(14-16-10-5-4-6-11-16)15-20-18-12-7-8-13-19-18/h3-6,9-11,17-18H,2,7-8,12-15H2,1H3/t17-,18?/m0/s1. The molecule has 2 nitrogen and oxygen atoms in total. The Kier molecular flexibility index (Phi) is 6.82. The van der Waals surface area contributed by atoms with Crippen molar-refractivity contribution in [3.63, 3.8) is 0 Å². The molecule has 1 aliphatic heterocycles. The summed E-state index contributed by atoms with van der Waals surface area (Å²) < 4.78 is 11.6. The van der Waals surface area contributed by atoms with Crippen molar-refractivity contribution >= 4 is 0 Å². The fourth-order valence-corrected chi connectivity index (χ4v) is 2.50. The second kappa shape index (κ2) is 8.93. The van der Waals surface area contributed by atoms with Crippen molar-refractivity contribution in [1.82, 2.24) is 0 Å². The first-order valence-corrected chi connectivity index (χ1v) is 7.82. The lowest BCUT2D eigenvalue weighted by Gasteiger charge is -2.24. The molecule has 0 aromatic heterocycles. The average molecular weight is 274 g/mol. The van der Waals surface area contributed by atoms with E-state index in [-0.39, 0.29) is 6.29 Å². The van der Waals surface area contributed by atoms with Crippen molar-refractivity contribution in [1.29, 1.82) is 0 Å². The number of hydrogen-bond donors (Lipinski definition) is 0. The molecule has 0 radical (unpaired) electrons. The molecule has 20 heavy (non-hydrogen) atoms. The van der Waals surface area contributed by atoms with Crippen LogP contribution in [0, 0.1) is 5.92 Å². The predicted molar refractivity (Wildman–Crippen MR) is 82.6 cm³/mol. The molecule has 1 unspecified atom stereocenters. The minimum Gasteiger partial charge on any atom is -0.353 e. The second-order valence-electron chi connectivity index (χ2n) is 5.42. The van der Waals surface area contributed by atoms with Crippen molar-refractivity contribution in [2.24, 2.45) is 5.92 Å². The van der Waals surface area contributed by atoms with Gasteiger partial charge in [-0.3, -0.25) is 0 Å². The third kappa shape index (κ3) is 5.48. The number of rotatable bonds is 7. The van der Waals surface area contributed by atoms with E-state index in [0.29, 0.717) is 5.92 Å². The normalized spacial score (nSPS) is 21.1. The summed E-state index contributed by atoms with van der Waals surface area (Å²) in [4.78, 5) is 0. The van der Waals surface area contributed by atoms with Crippen LogP contribution in [0.2, 0.25) is 0 Å². The van der Waals surface area contributed by atoms with Gasteiger partial charge in [0.2, 0.25) is 0 Å². The molecule has 110 valence electrons. The Morgan fingerprint density at radius 2 is 2.15 bits per heavy atom. The molecule has 0 aliphatic carbocycles. The number of benzene rings is 1. The summed E-state index contributed by atoms with van der Waals surface area (Å²) in [5.41, 5.74) is 1.37. The maximum absolute atomic E-state index is 5.94. The molecule has 2 heteroatoms. The van der Waals surface area contributed by atoms with Crippen LogP contribution in [0.1, 0.15) is 38.2 Å². The zero-order valence-corrected chi connectivity index (χ0v) is 12.5. The highest BCUT2D eigenvalue weighted by Gasteiger charge is 2.16. The van der Waals surface area contributed by atoms with Crippen LogP contribution in [-0.2, 0) is 15.9 Å². The molecule has 2 atom stereocenters. The van der Waals surface area contributed by atoms with Crippen molar-refractivity contribution in [2.45, 2.75) is 45.3 Å². The summed E-state index contributed by atoms with van der Waals surface area (Å²) >= 11 is 0. The Morgan fingerprint density at radius 1 is 1.30 bits per heavy atom. The molecule has 1 aromatic carbocycles. The van der Waals surface area contributed by atoms with Crippen molar-refractivity contribution in [2.75, 3.05) is 13.2 Å². The molecule has 0 saturated carbocycles. The van der Waals surface area contributed by atoms with Gasteiger partial charge < -0.3 is 9.47 Å². The van der Waals surface area contributed by atoms with E-state index in [1.165, 1.54) is 18.4 Å². The lowest BCUT2D eigenvalue weighted by Crippen LogP contribution is -2.25. The number of hydrogen-bond acceptors (Lipinski definition) is 2. The van der Waals surface area contributed by atoms with E-state index in [2.05, 4.69) is 49.4 Å². The summed E-state index contributed by atoms with van der Waals surface area (Å²) in [5.74, 6) is 0.433. The van der Waals surface area contributed by atoms with Gasteiger partial charge >= 0.3 is 0 Å². The molecule has 1 heterocycles. The van der Waals surface area contributed by atoms with E-state index in [1.54, 1.807) is 0 Å². The maximum Gasteiger partial charge on any atom is 0.157 e. The van der Waals surface area contributed by atoms with Gasteiger partial charge in [0.15, 0.2) is 6.29 Å². The maximum atomic E-state index is 5.94. The Balaban J connectivity index is 1.84. The van der Waals surface area contributed by atoms with Crippen molar-refractivity contribution in [3.05, 3.63) is 48.0 Å². The Hall–Kier alpha value is -1.12. The van der Waals surface area contributed by atoms with Gasteiger partial charge in [0.05, 0.1) is 6.61 Å². The van der Waals surface area contributed by atoms with Crippen LogP contribution in [0.3, 0.4) is 0 Å². The molecule has 0 spiro atoms. The highest BCUT2D eigenvalue weighted by atomic mass is 16.7. The van der Waals surface area contributed by atoms with E-state index in [9.17, 15) is 0 Å². The van der Waals surface area contributed by atoms with E-state index in [1.807, 2.05) is 0 Å². The summed E-state index contributed by atoms with van der Waals surface area (Å²) in [5, 5.41) is 0. The van der Waals surface area contributed by atoms with Crippen molar-refractivity contribution < 1.29 is 9.47 Å². The highest BCUT2D eigenvalue weighted by molar-refractivity contribution is 5.16. The van der Waals surface area contributed by atoms with E-state index >= 15 is 0 Å². The molecule has 1 fully saturated rings. The van der Waals surface area contributed by atoms with Gasteiger partial charge in [-0.1, -0.05) is 49.4 Å². The van der Waals surface area contributed by atoms with Crippen LogP contribution < -0.4 is 0 Å². The molecule has 0 amide bonds. The molecule has 0 N–H and O–H groups in total. The third-order valence-electron chi connectivity index (χ3n) is 3.62. The predicted octanol–water partition coefficient (Wildman–Crippen LogP) is 4.35. The first-order chi connectivity index (χ1) is 9.88. The second-order valence-corrected chi connectivity index (χ2v) is 5.42. The van der Waals surface area contributed by atoms with Gasteiger partial charge in [0, 0.05) is 12.5 Å². The van der Waals surface area contributed by atoms with Gasteiger partial charge in [-0.15, -0.1) is 0 Å². The summed E-state index contributed by atoms with van der Waals surface area (Å²) in [6, 6.07) is 10.6. The molecule has 1 aliphatic rings. The first-order valence-electron chi connectivity index (χ1n) is 7.82. The van der Waals surface area contributed by atoms with E-state index in [0.717, 1.165) is 32.5 Å². The SMILES string of the molecule is CCC=C[C@H](COC1CCCCO1)Cc1ccccc1. The van der Waals surface area contributed by atoms with Crippen LogP contribution in [-0.4, -0.2) is 19.5 Å². The van der Waals surface area contributed by atoms with Crippen LogP contribution >= 0.6 is 0 Å². The van der Waals surface area contributed by atoms with Crippen LogP contribution in [0.5, 0.6) is 0 Å². The quantitative estimate of drug-likeness (QED) is 0.688.